The average molecular weight is 654 g/mol. The number of rotatable bonds is 13. The molecular formula is C38H51N7O3. The van der Waals surface area contributed by atoms with E-state index in [0.717, 1.165) is 80.7 Å². The number of likely N-dealkylation sites (N-methyl/N-ethyl adjacent to an activating group) is 1. The largest absolute Gasteiger partial charge is 0.368 e. The van der Waals surface area contributed by atoms with Crippen LogP contribution in [0.1, 0.15) is 48.9 Å². The number of piperazine rings is 1. The number of hydrogen-bond acceptors (Lipinski definition) is 6. The minimum Gasteiger partial charge on any atom is -0.368 e. The minimum absolute atomic E-state index is 0.0192. The van der Waals surface area contributed by atoms with E-state index >= 15 is 0 Å². The van der Waals surface area contributed by atoms with Crippen molar-refractivity contribution in [2.24, 2.45) is 0 Å². The summed E-state index contributed by atoms with van der Waals surface area (Å²) >= 11 is 0. The molecule has 256 valence electrons. The number of nitrogens with zero attached hydrogens (tertiary/aromatic N) is 5. The van der Waals surface area contributed by atoms with Crippen molar-refractivity contribution in [3.8, 4) is 0 Å². The summed E-state index contributed by atoms with van der Waals surface area (Å²) in [6.07, 6.45) is 9.24. The maximum Gasteiger partial charge on any atom is 0.318 e. The van der Waals surface area contributed by atoms with E-state index in [-0.39, 0.29) is 11.9 Å². The lowest BCUT2D eigenvalue weighted by Crippen LogP contribution is -2.58. The molecule has 2 aliphatic rings. The Labute approximate surface area is 285 Å². The van der Waals surface area contributed by atoms with Crippen LogP contribution in [0.3, 0.4) is 0 Å². The van der Waals surface area contributed by atoms with Crippen molar-refractivity contribution >= 4 is 29.7 Å². The molecule has 0 saturated carbocycles. The fourth-order valence-corrected chi connectivity index (χ4v) is 7.05. The first-order valence-corrected chi connectivity index (χ1v) is 17.5. The lowest BCUT2D eigenvalue weighted by molar-refractivity contribution is -0.133. The molecule has 2 fully saturated rings. The second-order valence-electron chi connectivity index (χ2n) is 12.9. The van der Waals surface area contributed by atoms with Gasteiger partial charge >= 0.3 is 6.03 Å². The summed E-state index contributed by atoms with van der Waals surface area (Å²) in [5.41, 5.74) is 6.77. The van der Waals surface area contributed by atoms with Crippen LogP contribution in [0, 0.1) is 0 Å². The van der Waals surface area contributed by atoms with E-state index in [9.17, 15) is 14.4 Å². The van der Waals surface area contributed by atoms with Gasteiger partial charge in [0.1, 0.15) is 6.04 Å². The van der Waals surface area contributed by atoms with E-state index in [1.807, 2.05) is 46.2 Å². The quantitative estimate of drug-likeness (QED) is 0.266. The van der Waals surface area contributed by atoms with E-state index in [0.29, 0.717) is 38.6 Å². The van der Waals surface area contributed by atoms with E-state index in [1.54, 1.807) is 12.4 Å². The van der Waals surface area contributed by atoms with Gasteiger partial charge in [0, 0.05) is 82.0 Å². The van der Waals surface area contributed by atoms with Crippen LogP contribution >= 0.6 is 0 Å². The van der Waals surface area contributed by atoms with Crippen molar-refractivity contribution in [1.29, 1.82) is 0 Å². The maximum atomic E-state index is 14.1. The van der Waals surface area contributed by atoms with Gasteiger partial charge in [-0.15, -0.1) is 0 Å². The number of carbonyl (C=O) groups excluding carboxylic acids is 3. The van der Waals surface area contributed by atoms with Gasteiger partial charge in [-0.05, 0) is 79.6 Å². The van der Waals surface area contributed by atoms with Crippen LogP contribution < -0.4 is 15.5 Å². The third-order valence-corrected chi connectivity index (χ3v) is 10.0. The Morgan fingerprint density at radius 3 is 2.29 bits per heavy atom. The molecule has 4 amide bonds. The van der Waals surface area contributed by atoms with Gasteiger partial charge in [-0.3, -0.25) is 14.6 Å². The van der Waals surface area contributed by atoms with Gasteiger partial charge in [-0.25, -0.2) is 4.79 Å². The number of carbonyl (C=O) groups is 3. The number of likely N-dealkylation sites (tertiary alicyclic amines) is 1. The van der Waals surface area contributed by atoms with Crippen LogP contribution in [0.4, 0.5) is 16.2 Å². The van der Waals surface area contributed by atoms with Crippen molar-refractivity contribution < 1.29 is 14.4 Å². The monoisotopic (exact) mass is 653 g/mol. The highest BCUT2D eigenvalue weighted by atomic mass is 16.2. The van der Waals surface area contributed by atoms with Gasteiger partial charge in [-0.1, -0.05) is 50.2 Å². The standard InChI is InChI=1S/C38H51N7O3/c1-4-30-11-10-29(26-31(30)5-2)27-36(37(47)44-24-22-43(23-25-44)34-12-17-39-18-13-34)41-38(48)45-20-15-33(16-21-45)42(3)19-14-32-8-6-7-9-35(32)40-28-46/h6-13,17-18,26,28,33,36H,4-5,14-16,19-25,27H2,1-3H3,(H,40,46)(H,41,48)/t36-/m1/s1. The Bertz CT molecular complexity index is 1500. The van der Waals surface area contributed by atoms with E-state index < -0.39 is 6.04 Å². The Kier molecular flexibility index (Phi) is 12.4. The molecule has 1 atom stereocenters. The zero-order valence-electron chi connectivity index (χ0n) is 28.7. The Morgan fingerprint density at radius 1 is 0.896 bits per heavy atom. The molecule has 10 heteroatoms. The molecule has 2 aliphatic heterocycles. The predicted octanol–water partition coefficient (Wildman–Crippen LogP) is 4.38. The number of benzene rings is 2. The van der Waals surface area contributed by atoms with Crippen LogP contribution in [0.5, 0.6) is 0 Å². The van der Waals surface area contributed by atoms with Crippen LogP contribution in [-0.4, -0.2) is 103 Å². The number of amides is 4. The minimum atomic E-state index is -0.636. The van der Waals surface area contributed by atoms with Crippen molar-refractivity contribution in [3.63, 3.8) is 0 Å². The molecule has 10 nitrogen and oxygen atoms in total. The summed E-state index contributed by atoms with van der Waals surface area (Å²) in [5.74, 6) is -0.0192. The van der Waals surface area contributed by atoms with E-state index in [4.69, 9.17) is 0 Å². The molecule has 0 spiro atoms. The fraction of sp³-hybridized carbons (Fsp3) is 0.474. The number of aromatic nitrogens is 1. The Hall–Kier alpha value is -4.44. The smallest absolute Gasteiger partial charge is 0.318 e. The summed E-state index contributed by atoms with van der Waals surface area (Å²) < 4.78 is 0. The molecule has 2 saturated heterocycles. The lowest BCUT2D eigenvalue weighted by Gasteiger charge is -2.39. The molecule has 2 aromatic carbocycles. The zero-order chi connectivity index (χ0) is 33.9. The summed E-state index contributed by atoms with van der Waals surface area (Å²) in [5, 5.41) is 5.97. The van der Waals surface area contributed by atoms with Gasteiger partial charge in [0.25, 0.3) is 0 Å². The fourth-order valence-electron chi connectivity index (χ4n) is 7.05. The number of anilines is 2. The first kappa shape index (κ1) is 34.9. The number of pyridine rings is 1. The second-order valence-corrected chi connectivity index (χ2v) is 12.9. The SMILES string of the molecule is CCc1ccc(C[C@@H](NC(=O)N2CCC(N(C)CCc3ccccc3NC=O)CC2)C(=O)N2CCN(c3ccncc3)CC2)cc1CC. The zero-order valence-corrected chi connectivity index (χ0v) is 28.7. The first-order chi connectivity index (χ1) is 23.4. The van der Waals surface area contributed by atoms with Crippen molar-refractivity contribution in [1.82, 2.24) is 25.0 Å². The molecule has 48 heavy (non-hydrogen) atoms. The topological polar surface area (TPSA) is 101 Å². The summed E-state index contributed by atoms with van der Waals surface area (Å²) in [6, 6.07) is 17.9. The number of aryl methyl sites for hydroxylation is 2. The molecule has 2 N–H and O–H groups in total. The molecule has 3 heterocycles. The molecule has 0 bridgehead atoms. The van der Waals surface area contributed by atoms with Gasteiger partial charge in [0.15, 0.2) is 0 Å². The first-order valence-electron chi connectivity index (χ1n) is 17.5. The number of hydrogen-bond donors (Lipinski definition) is 2. The maximum absolute atomic E-state index is 14.1. The molecule has 3 aromatic rings. The molecule has 5 rings (SSSR count). The second kappa shape index (κ2) is 17.1. The Balaban J connectivity index is 1.20. The number of nitrogens with one attached hydrogen (secondary N) is 2. The molecule has 1 aromatic heterocycles. The van der Waals surface area contributed by atoms with Crippen LogP contribution in [0.2, 0.25) is 0 Å². The lowest BCUT2D eigenvalue weighted by atomic mass is 9.96. The predicted molar refractivity (Wildman–Crippen MR) is 191 cm³/mol. The summed E-state index contributed by atoms with van der Waals surface area (Å²) in [7, 11) is 2.13. The number of piperidine rings is 1. The molecular weight excluding hydrogens is 602 g/mol. The molecule has 0 aliphatic carbocycles. The van der Waals surface area contributed by atoms with Gasteiger partial charge in [0.05, 0.1) is 0 Å². The van der Waals surface area contributed by atoms with Crippen molar-refractivity contribution in [2.75, 3.05) is 63.1 Å². The molecule has 0 radical (unpaired) electrons. The third-order valence-electron chi connectivity index (χ3n) is 10.0. The summed E-state index contributed by atoms with van der Waals surface area (Å²) in [6.45, 7) is 9.16. The van der Waals surface area contributed by atoms with Crippen LogP contribution in [-0.2, 0) is 35.3 Å². The normalized spacial score (nSPS) is 16.1. The van der Waals surface area contributed by atoms with E-state index in [1.165, 1.54) is 11.1 Å². The highest BCUT2D eigenvalue weighted by Gasteiger charge is 2.32. The number of urea groups is 1. The van der Waals surface area contributed by atoms with Gasteiger partial charge < -0.3 is 30.2 Å². The Morgan fingerprint density at radius 2 is 1.60 bits per heavy atom. The number of para-hydroxylation sites is 1. The van der Waals surface area contributed by atoms with Gasteiger partial charge in [0.2, 0.25) is 12.3 Å². The van der Waals surface area contributed by atoms with E-state index in [2.05, 4.69) is 64.5 Å². The van der Waals surface area contributed by atoms with Crippen LogP contribution in [0.25, 0.3) is 0 Å². The third kappa shape index (κ3) is 8.92. The molecule has 0 unspecified atom stereocenters. The van der Waals surface area contributed by atoms with Crippen molar-refractivity contribution in [2.45, 2.75) is 64.5 Å². The summed E-state index contributed by atoms with van der Waals surface area (Å²) in [4.78, 5) is 51.3. The average Bonchev–Trinajstić information content (AvgIpc) is 3.14. The highest BCUT2D eigenvalue weighted by molar-refractivity contribution is 5.87. The van der Waals surface area contributed by atoms with Crippen molar-refractivity contribution in [3.05, 3.63) is 89.2 Å². The van der Waals surface area contributed by atoms with Gasteiger partial charge in [-0.2, -0.15) is 0 Å². The highest BCUT2D eigenvalue weighted by Crippen LogP contribution is 2.21. The van der Waals surface area contributed by atoms with Crippen LogP contribution in [0.15, 0.2) is 67.0 Å².